The van der Waals surface area contributed by atoms with E-state index >= 15 is 0 Å². The summed E-state index contributed by atoms with van der Waals surface area (Å²) in [7, 11) is 0. The third-order valence-electron chi connectivity index (χ3n) is 8.78. The van der Waals surface area contributed by atoms with E-state index in [0.29, 0.717) is 19.3 Å². The number of carbonyl (C=O) groups excluding carboxylic acids is 2. The summed E-state index contributed by atoms with van der Waals surface area (Å²) < 4.78 is 1.45. The van der Waals surface area contributed by atoms with E-state index in [4.69, 9.17) is 0 Å². The van der Waals surface area contributed by atoms with Crippen LogP contribution in [0.3, 0.4) is 0 Å². The van der Waals surface area contributed by atoms with Crippen molar-refractivity contribution in [2.75, 3.05) is 0 Å². The van der Waals surface area contributed by atoms with Crippen molar-refractivity contribution in [2.45, 2.75) is 189 Å². The quantitative estimate of drug-likeness (QED) is 0.0494. The maximum atomic E-state index is 13.2. The summed E-state index contributed by atoms with van der Waals surface area (Å²) in [6.45, 7) is 18.9. The Morgan fingerprint density at radius 3 is 1.75 bits per heavy atom. The van der Waals surface area contributed by atoms with Crippen LogP contribution in [-0.4, -0.2) is 40.2 Å². The van der Waals surface area contributed by atoms with Gasteiger partial charge in [-0.1, -0.05) is 137 Å². The van der Waals surface area contributed by atoms with Crippen molar-refractivity contribution in [3.8, 4) is 0 Å². The molecule has 0 saturated carbocycles. The van der Waals surface area contributed by atoms with E-state index in [-0.39, 0.29) is 22.5 Å². The summed E-state index contributed by atoms with van der Waals surface area (Å²) in [6, 6.07) is -0.484. The van der Waals surface area contributed by atoms with Crippen LogP contribution in [0.1, 0.15) is 177 Å². The summed E-state index contributed by atoms with van der Waals surface area (Å²) in [5.41, 5.74) is 0.127. The van der Waals surface area contributed by atoms with E-state index in [9.17, 15) is 14.7 Å². The lowest BCUT2D eigenvalue weighted by molar-refractivity contribution is -0.493. The highest BCUT2D eigenvalue weighted by Crippen LogP contribution is 2.35. The Bertz CT molecular complexity index is 722. The highest BCUT2D eigenvalue weighted by molar-refractivity contribution is 5.75. The zero-order chi connectivity index (χ0) is 30.4. The molecular weight excluding hydrogens is 494 g/mol. The van der Waals surface area contributed by atoms with Gasteiger partial charge in [0, 0.05) is 12.8 Å². The number of hydrogen-bond acceptors (Lipinski definition) is 3. The molecule has 234 valence electrons. The average Bonchev–Trinajstić information content (AvgIpc) is 2.89. The largest absolute Gasteiger partial charge is 0.387 e. The van der Waals surface area contributed by atoms with Gasteiger partial charge in [0.05, 0.1) is 6.42 Å². The van der Waals surface area contributed by atoms with Gasteiger partial charge in [-0.15, -0.1) is 0 Å². The molecule has 0 bridgehead atoms. The van der Waals surface area contributed by atoms with E-state index in [1.165, 1.54) is 81.6 Å². The van der Waals surface area contributed by atoms with Crippen molar-refractivity contribution in [2.24, 2.45) is 10.8 Å². The molecule has 0 aliphatic carbocycles. The fraction of sp³-hybridized carbons (Fsp3) is 0.861. The first-order chi connectivity index (χ1) is 18.8. The van der Waals surface area contributed by atoms with Gasteiger partial charge in [-0.05, 0) is 43.4 Å². The second-order valence-corrected chi connectivity index (χ2v) is 14.0. The minimum absolute atomic E-state index is 0.0585. The third kappa shape index (κ3) is 20.6. The van der Waals surface area contributed by atoms with Crippen LogP contribution in [0.15, 0.2) is 12.2 Å². The van der Waals surface area contributed by atoms with Crippen LogP contribution in [0.25, 0.3) is 0 Å². The zero-order valence-electron chi connectivity index (χ0n) is 27.9. The number of unbranched alkanes of at least 4 members (excludes halogenated alkanes) is 13. The first kappa shape index (κ1) is 38.7. The first-order valence-corrected chi connectivity index (χ1v) is 16.8. The monoisotopic (exact) mass is 563 g/mol. The van der Waals surface area contributed by atoms with E-state index in [2.05, 4.69) is 48.3 Å². The number of nitrogens with zero attached hydrogens (tertiary/aromatic N) is 1. The van der Waals surface area contributed by atoms with Crippen LogP contribution in [0.5, 0.6) is 0 Å². The van der Waals surface area contributed by atoms with Gasteiger partial charge in [-0.3, -0.25) is 0 Å². The lowest BCUT2D eigenvalue weighted by Crippen LogP contribution is -2.41. The summed E-state index contributed by atoms with van der Waals surface area (Å²) in [6.07, 6.45) is 25.6. The molecule has 2 atom stereocenters. The predicted octanol–water partition coefficient (Wildman–Crippen LogP) is 9.99. The fourth-order valence-corrected chi connectivity index (χ4v) is 5.14. The lowest BCUT2D eigenvalue weighted by atomic mass is 9.76. The molecule has 0 aliphatic rings. The molecule has 0 rings (SSSR count). The molecule has 0 spiro atoms. The SMILES string of the molecule is C=[N+](C(=O)CC(C)(C)CCC(C)(C)CC)[C@@H](CCC(C)=O)[C@H](O)/C=C/CCCCCCCCCCCCCCC. The Morgan fingerprint density at radius 1 is 0.800 bits per heavy atom. The van der Waals surface area contributed by atoms with Gasteiger partial charge >= 0.3 is 5.91 Å². The van der Waals surface area contributed by atoms with Gasteiger partial charge in [0.1, 0.15) is 18.6 Å². The Balaban J connectivity index is 4.50. The predicted molar refractivity (Wildman–Crippen MR) is 173 cm³/mol. The number of allylic oxidation sites excluding steroid dienone is 1. The highest BCUT2D eigenvalue weighted by atomic mass is 16.3. The van der Waals surface area contributed by atoms with Crippen LogP contribution in [0.4, 0.5) is 0 Å². The van der Waals surface area contributed by atoms with Gasteiger partial charge in [-0.2, -0.15) is 4.58 Å². The molecule has 0 aromatic rings. The Hall–Kier alpha value is -1.29. The van der Waals surface area contributed by atoms with Crippen molar-refractivity contribution < 1.29 is 19.3 Å². The standard InChI is InChI=1S/C36H68NO3/c1-9-11-12-13-14-15-16-17-18-19-20-21-22-23-24-25-33(39)32(27-26-31(3)38)37(8)34(40)30-36(6,7)29-28-35(4,5)10-2/h24-25,32-33,39H,8-23,26-30H2,1-7H3/q+1/b25-24+/t32-,33+/m0/s1. The van der Waals surface area contributed by atoms with Crippen molar-refractivity contribution in [1.29, 1.82) is 0 Å². The molecule has 1 N–H and O–H groups in total. The number of rotatable bonds is 26. The number of aliphatic hydroxyl groups excluding tert-OH is 1. The molecule has 0 heterocycles. The minimum Gasteiger partial charge on any atom is -0.382 e. The molecular formula is C36H68NO3+. The van der Waals surface area contributed by atoms with Gasteiger partial charge in [0.15, 0.2) is 6.04 Å². The van der Waals surface area contributed by atoms with Crippen LogP contribution in [-0.2, 0) is 9.59 Å². The van der Waals surface area contributed by atoms with Crippen LogP contribution in [0.2, 0.25) is 0 Å². The number of aliphatic hydroxyl groups is 1. The number of Topliss-reactive ketones (excluding diaryl/α,β-unsaturated/α-hetero) is 1. The van der Waals surface area contributed by atoms with Gasteiger partial charge in [-0.25, -0.2) is 4.79 Å². The topological polar surface area (TPSA) is 57.4 Å². The second-order valence-electron chi connectivity index (χ2n) is 14.0. The third-order valence-corrected chi connectivity index (χ3v) is 8.78. The maximum Gasteiger partial charge on any atom is 0.387 e. The summed E-state index contributed by atoms with van der Waals surface area (Å²) in [5, 5.41) is 11.0. The van der Waals surface area contributed by atoms with E-state index < -0.39 is 12.1 Å². The Morgan fingerprint density at radius 2 is 1.27 bits per heavy atom. The summed E-state index contributed by atoms with van der Waals surface area (Å²) in [5.74, 6) is 0.00734. The molecule has 40 heavy (non-hydrogen) atoms. The second kappa shape index (κ2) is 22.3. The fourth-order valence-electron chi connectivity index (χ4n) is 5.14. The van der Waals surface area contributed by atoms with E-state index in [0.717, 1.165) is 32.1 Å². The minimum atomic E-state index is -0.815. The zero-order valence-corrected chi connectivity index (χ0v) is 27.9. The van der Waals surface area contributed by atoms with Gasteiger partial charge < -0.3 is 9.90 Å². The lowest BCUT2D eigenvalue weighted by Gasteiger charge is -2.29. The number of hydrogen-bond donors (Lipinski definition) is 1. The Kier molecular flexibility index (Phi) is 21.6. The van der Waals surface area contributed by atoms with Crippen molar-refractivity contribution in [1.82, 2.24) is 0 Å². The molecule has 0 radical (unpaired) electrons. The van der Waals surface area contributed by atoms with Crippen LogP contribution < -0.4 is 0 Å². The highest BCUT2D eigenvalue weighted by Gasteiger charge is 2.35. The number of carbonyl (C=O) groups is 2. The summed E-state index contributed by atoms with van der Waals surface area (Å²) >= 11 is 0. The maximum absolute atomic E-state index is 13.2. The number of ketones is 1. The first-order valence-electron chi connectivity index (χ1n) is 16.8. The van der Waals surface area contributed by atoms with E-state index in [1.54, 1.807) is 6.92 Å². The molecule has 0 fully saturated rings. The molecule has 4 heteroatoms. The van der Waals surface area contributed by atoms with Gasteiger partial charge in [0.25, 0.3) is 0 Å². The van der Waals surface area contributed by atoms with Crippen molar-refractivity contribution in [3.63, 3.8) is 0 Å². The normalized spacial score (nSPS) is 14.0. The van der Waals surface area contributed by atoms with Gasteiger partial charge in [0.2, 0.25) is 0 Å². The molecule has 0 aromatic carbocycles. The molecule has 0 unspecified atom stereocenters. The Labute approximate surface area is 249 Å². The van der Waals surface area contributed by atoms with Crippen molar-refractivity contribution in [3.05, 3.63) is 12.2 Å². The van der Waals surface area contributed by atoms with Crippen LogP contribution >= 0.6 is 0 Å². The molecule has 0 saturated heterocycles. The average molecular weight is 563 g/mol. The van der Waals surface area contributed by atoms with E-state index in [1.807, 2.05) is 12.2 Å². The smallest absolute Gasteiger partial charge is 0.382 e. The molecule has 4 nitrogen and oxygen atoms in total. The van der Waals surface area contributed by atoms with Crippen molar-refractivity contribution >= 4 is 18.4 Å². The summed E-state index contributed by atoms with van der Waals surface area (Å²) in [4.78, 5) is 24.9. The van der Waals surface area contributed by atoms with Crippen LogP contribution in [0, 0.1) is 10.8 Å². The number of amides is 1. The molecule has 0 aromatic heterocycles. The molecule has 1 amide bonds. The molecule has 0 aliphatic heterocycles.